The summed E-state index contributed by atoms with van der Waals surface area (Å²) in [5.41, 5.74) is 1.49. The molecule has 2 fully saturated rings. The first-order valence-corrected chi connectivity index (χ1v) is 17.0. The van der Waals surface area contributed by atoms with Gasteiger partial charge in [-0.3, -0.25) is 14.4 Å². The van der Waals surface area contributed by atoms with Crippen LogP contribution in [-0.2, 0) is 14.4 Å². The summed E-state index contributed by atoms with van der Waals surface area (Å²) >= 11 is 1.57. The number of nitrogens with zero attached hydrogens (tertiary/aromatic N) is 3. The molecule has 4 aliphatic rings. The van der Waals surface area contributed by atoms with Crippen LogP contribution in [0.3, 0.4) is 0 Å². The fourth-order valence-corrected chi connectivity index (χ4v) is 9.89. The monoisotopic (exact) mass is 629 g/mol. The van der Waals surface area contributed by atoms with Gasteiger partial charge in [-0.05, 0) is 50.1 Å². The number of rotatable bonds is 10. The van der Waals surface area contributed by atoms with Gasteiger partial charge in [-0.25, -0.2) is 0 Å². The SMILES string of the molecule is CCCCCN1CC=C[C@]23S[C@@]4(C)C=CCN(c5ccc(OCC)cc5)C(=O)[C@H]4[C@H]2C(=O)N([C@H](CO)c2ccccc2)C3C1=O. The van der Waals surface area contributed by atoms with Gasteiger partial charge in [0.15, 0.2) is 0 Å². The predicted molar refractivity (Wildman–Crippen MR) is 177 cm³/mol. The van der Waals surface area contributed by atoms with Crippen LogP contribution >= 0.6 is 11.8 Å². The molecule has 2 saturated heterocycles. The second kappa shape index (κ2) is 12.7. The highest BCUT2D eigenvalue weighted by Crippen LogP contribution is 2.66. The van der Waals surface area contributed by atoms with E-state index < -0.39 is 33.4 Å². The van der Waals surface area contributed by atoms with E-state index in [1.165, 1.54) is 0 Å². The molecule has 0 aliphatic carbocycles. The van der Waals surface area contributed by atoms with Gasteiger partial charge in [0.05, 0.1) is 35.8 Å². The Kier molecular flexibility index (Phi) is 8.85. The maximum absolute atomic E-state index is 14.9. The summed E-state index contributed by atoms with van der Waals surface area (Å²) in [6, 6.07) is 15.3. The van der Waals surface area contributed by atoms with E-state index in [2.05, 4.69) is 13.0 Å². The smallest absolute Gasteiger partial charge is 0.247 e. The van der Waals surface area contributed by atoms with Crippen LogP contribution < -0.4 is 9.64 Å². The first-order chi connectivity index (χ1) is 21.8. The third kappa shape index (κ3) is 5.27. The zero-order chi connectivity index (χ0) is 31.8. The van der Waals surface area contributed by atoms with Crippen LogP contribution in [0.4, 0.5) is 5.69 Å². The zero-order valence-electron chi connectivity index (χ0n) is 26.3. The van der Waals surface area contributed by atoms with Crippen LogP contribution in [0.15, 0.2) is 78.9 Å². The van der Waals surface area contributed by atoms with Crippen molar-refractivity contribution in [2.45, 2.75) is 61.6 Å². The summed E-state index contributed by atoms with van der Waals surface area (Å²) in [6.45, 7) is 7.74. The fourth-order valence-electron chi connectivity index (χ4n) is 7.75. The molecular formula is C36H43N3O5S. The summed E-state index contributed by atoms with van der Waals surface area (Å²) in [5.74, 6) is -1.29. The van der Waals surface area contributed by atoms with Crippen LogP contribution in [-0.4, -0.2) is 81.0 Å². The molecule has 1 unspecified atom stereocenters. The van der Waals surface area contributed by atoms with Crippen molar-refractivity contribution in [1.29, 1.82) is 0 Å². The number of fused-ring (bicyclic) bond motifs is 2. The lowest BCUT2D eigenvalue weighted by molar-refractivity contribution is -0.146. The van der Waals surface area contributed by atoms with Crippen LogP contribution in [0.25, 0.3) is 0 Å². The average molecular weight is 630 g/mol. The summed E-state index contributed by atoms with van der Waals surface area (Å²) in [7, 11) is 0. The van der Waals surface area contributed by atoms with Crippen molar-refractivity contribution in [1.82, 2.24) is 9.80 Å². The lowest BCUT2D eigenvalue weighted by Gasteiger charge is -2.40. The van der Waals surface area contributed by atoms with E-state index in [0.717, 1.165) is 36.3 Å². The maximum Gasteiger partial charge on any atom is 0.247 e. The van der Waals surface area contributed by atoms with Crippen molar-refractivity contribution in [3.05, 3.63) is 84.5 Å². The van der Waals surface area contributed by atoms with Crippen LogP contribution in [0, 0.1) is 11.8 Å². The number of unbranched alkanes of at least 4 members (excludes halogenated alkanes) is 2. The number of hydrogen-bond donors (Lipinski definition) is 1. The first-order valence-electron chi connectivity index (χ1n) is 16.2. The molecule has 1 N–H and O–H groups in total. The minimum absolute atomic E-state index is 0.117. The van der Waals surface area contributed by atoms with Crippen molar-refractivity contribution < 1.29 is 24.2 Å². The van der Waals surface area contributed by atoms with Crippen molar-refractivity contribution in [3.63, 3.8) is 0 Å². The van der Waals surface area contributed by atoms with E-state index >= 15 is 0 Å². The normalized spacial score (nSPS) is 29.7. The number of aliphatic hydroxyl groups excluding tert-OH is 1. The van der Waals surface area contributed by atoms with Crippen LogP contribution in [0.5, 0.6) is 5.75 Å². The maximum atomic E-state index is 14.9. The number of benzene rings is 2. The summed E-state index contributed by atoms with van der Waals surface area (Å²) in [5, 5.41) is 10.8. The van der Waals surface area contributed by atoms with Gasteiger partial charge < -0.3 is 24.5 Å². The highest BCUT2D eigenvalue weighted by Gasteiger charge is 2.74. The second-order valence-electron chi connectivity index (χ2n) is 12.5. The van der Waals surface area contributed by atoms with Crippen molar-refractivity contribution >= 4 is 35.2 Å². The Labute approximate surface area is 270 Å². The molecule has 0 saturated carbocycles. The Morgan fingerprint density at radius 2 is 1.64 bits per heavy atom. The molecule has 2 aromatic rings. The van der Waals surface area contributed by atoms with E-state index in [1.807, 2.05) is 91.6 Å². The second-order valence-corrected chi connectivity index (χ2v) is 14.3. The summed E-state index contributed by atoms with van der Waals surface area (Å²) in [4.78, 5) is 49.6. The number of ether oxygens (including phenoxy) is 1. The Morgan fingerprint density at radius 3 is 2.33 bits per heavy atom. The number of amides is 3. The van der Waals surface area contributed by atoms with Gasteiger partial charge in [0.2, 0.25) is 17.7 Å². The van der Waals surface area contributed by atoms with Crippen molar-refractivity contribution in [2.75, 3.05) is 37.7 Å². The lowest BCUT2D eigenvalue weighted by Crippen LogP contribution is -2.54. The van der Waals surface area contributed by atoms with E-state index in [9.17, 15) is 19.5 Å². The van der Waals surface area contributed by atoms with Gasteiger partial charge in [0.1, 0.15) is 11.8 Å². The van der Waals surface area contributed by atoms with Gasteiger partial charge in [-0.15, -0.1) is 11.8 Å². The Morgan fingerprint density at radius 1 is 0.911 bits per heavy atom. The number of carbonyl (C=O) groups excluding carboxylic acids is 3. The minimum atomic E-state index is -0.975. The lowest BCUT2D eigenvalue weighted by atomic mass is 9.74. The molecule has 1 spiro atoms. The molecule has 45 heavy (non-hydrogen) atoms. The zero-order valence-corrected chi connectivity index (χ0v) is 27.1. The first kappa shape index (κ1) is 31.4. The number of thioether (sulfide) groups is 1. The average Bonchev–Trinajstić information content (AvgIpc) is 3.31. The van der Waals surface area contributed by atoms with E-state index in [4.69, 9.17) is 4.74 Å². The van der Waals surface area contributed by atoms with Gasteiger partial charge in [-0.2, -0.15) is 0 Å². The molecule has 0 aromatic heterocycles. The molecule has 8 nitrogen and oxygen atoms in total. The number of aliphatic hydroxyl groups is 1. The Bertz CT molecular complexity index is 1480. The standard InChI is InChI=1S/C36H43N3O5S/c1-4-6-10-21-37-22-12-20-36-30(33(42)39(31(36)34(37)43)28(24-40)25-13-8-7-9-14-25)29-32(41)38(23-11-19-35(29,3)45-36)26-15-17-27(18-16-26)44-5-2/h7-9,11-20,28-31,40H,4-6,10,21-24H2,1-3H3/t28-,29-,30+,31?,35+,36+/m1/s1. The predicted octanol–water partition coefficient (Wildman–Crippen LogP) is 5.00. The number of carbonyl (C=O) groups is 3. The van der Waals surface area contributed by atoms with Gasteiger partial charge in [-0.1, -0.05) is 74.4 Å². The quantitative estimate of drug-likeness (QED) is 0.294. The number of likely N-dealkylation sites (tertiary alicyclic amines) is 1. The van der Waals surface area contributed by atoms with Crippen LogP contribution in [0.1, 0.15) is 51.6 Å². The molecule has 4 aliphatic heterocycles. The topological polar surface area (TPSA) is 90.4 Å². The highest BCUT2D eigenvalue weighted by atomic mass is 32.2. The van der Waals surface area contributed by atoms with Gasteiger partial charge >= 0.3 is 0 Å². The fraction of sp³-hybridized carbons (Fsp3) is 0.472. The Hall–Kier alpha value is -3.56. The molecule has 238 valence electrons. The molecule has 0 radical (unpaired) electrons. The molecule has 9 heteroatoms. The molecule has 6 rings (SSSR count). The summed E-state index contributed by atoms with van der Waals surface area (Å²) in [6.07, 6.45) is 11.1. The van der Waals surface area contributed by atoms with Crippen molar-refractivity contribution in [3.8, 4) is 5.75 Å². The molecule has 2 aromatic carbocycles. The largest absolute Gasteiger partial charge is 0.494 e. The molecular weight excluding hydrogens is 586 g/mol. The molecule has 3 amide bonds. The third-order valence-corrected chi connectivity index (χ3v) is 11.6. The van der Waals surface area contributed by atoms with Crippen LogP contribution in [0.2, 0.25) is 0 Å². The molecule has 0 bridgehead atoms. The van der Waals surface area contributed by atoms with Gasteiger partial charge in [0, 0.05) is 30.1 Å². The van der Waals surface area contributed by atoms with E-state index in [-0.39, 0.29) is 24.3 Å². The van der Waals surface area contributed by atoms with E-state index in [1.54, 1.807) is 21.6 Å². The van der Waals surface area contributed by atoms with Crippen molar-refractivity contribution in [2.24, 2.45) is 11.8 Å². The van der Waals surface area contributed by atoms with Gasteiger partial charge in [0.25, 0.3) is 0 Å². The highest BCUT2D eigenvalue weighted by molar-refractivity contribution is 8.02. The summed E-state index contributed by atoms with van der Waals surface area (Å²) < 4.78 is 3.93. The Balaban J connectivity index is 1.45. The molecule has 6 atom stereocenters. The third-order valence-electron chi connectivity index (χ3n) is 9.76. The minimum Gasteiger partial charge on any atom is -0.494 e. The number of hydrogen-bond acceptors (Lipinski definition) is 6. The number of anilines is 1. The van der Waals surface area contributed by atoms with E-state index in [0.29, 0.717) is 26.2 Å². The molecule has 4 heterocycles.